The van der Waals surface area contributed by atoms with Gasteiger partial charge >= 0.3 is 0 Å². The number of para-hydroxylation sites is 1. The van der Waals surface area contributed by atoms with Crippen LogP contribution in [0.3, 0.4) is 0 Å². The summed E-state index contributed by atoms with van der Waals surface area (Å²) in [7, 11) is 0. The van der Waals surface area contributed by atoms with Gasteiger partial charge in [0.05, 0.1) is 13.1 Å². The maximum absolute atomic E-state index is 12.5. The minimum absolute atomic E-state index is 0.0301. The third-order valence-electron chi connectivity index (χ3n) is 6.92. The fourth-order valence-corrected chi connectivity index (χ4v) is 4.69. The number of carbonyl (C=O) groups excluding carboxylic acids is 2. The average Bonchev–Trinajstić information content (AvgIpc) is 2.73. The zero-order valence-corrected chi connectivity index (χ0v) is 18.8. The van der Waals surface area contributed by atoms with E-state index in [9.17, 15) is 9.59 Å². The van der Waals surface area contributed by atoms with Gasteiger partial charge in [-0.05, 0) is 36.3 Å². The van der Waals surface area contributed by atoms with Crippen molar-refractivity contribution in [1.29, 1.82) is 0 Å². The first-order valence-electron chi connectivity index (χ1n) is 11.6. The molecule has 166 valence electrons. The van der Waals surface area contributed by atoms with Crippen LogP contribution in [0.25, 0.3) is 0 Å². The van der Waals surface area contributed by atoms with E-state index in [4.69, 9.17) is 0 Å². The predicted molar refractivity (Wildman–Crippen MR) is 121 cm³/mol. The molecule has 6 heteroatoms. The highest BCUT2D eigenvalue weighted by molar-refractivity contribution is 5.93. The second-order valence-corrected chi connectivity index (χ2v) is 9.05. The Balaban J connectivity index is 1.38. The molecular weight excluding hydrogens is 376 g/mol. The maximum Gasteiger partial charge on any atom is 0.238 e. The van der Waals surface area contributed by atoms with Crippen molar-refractivity contribution in [3.63, 3.8) is 0 Å². The number of nitrogens with zero attached hydrogens (tertiary/aromatic N) is 2. The highest BCUT2D eigenvalue weighted by Gasteiger charge is 2.29. The van der Waals surface area contributed by atoms with Gasteiger partial charge in [0, 0.05) is 37.9 Å². The molecule has 1 saturated heterocycles. The largest absolute Gasteiger partial charge is 0.352 e. The lowest BCUT2D eigenvalue weighted by Gasteiger charge is -2.36. The van der Waals surface area contributed by atoms with Gasteiger partial charge in [-0.15, -0.1) is 0 Å². The van der Waals surface area contributed by atoms with Crippen molar-refractivity contribution in [3.8, 4) is 0 Å². The second-order valence-electron chi connectivity index (χ2n) is 9.05. The van der Waals surface area contributed by atoms with Crippen LogP contribution in [0.2, 0.25) is 0 Å². The topological polar surface area (TPSA) is 64.7 Å². The molecular formula is C24H38N4O2. The summed E-state index contributed by atoms with van der Waals surface area (Å²) in [5.74, 6) is 1.41. The van der Waals surface area contributed by atoms with E-state index in [1.807, 2.05) is 24.3 Å². The molecule has 1 aliphatic carbocycles. The molecule has 1 aliphatic heterocycles. The zero-order chi connectivity index (χ0) is 21.5. The summed E-state index contributed by atoms with van der Waals surface area (Å²) in [5, 5.41) is 6.32. The first kappa shape index (κ1) is 22.8. The Morgan fingerprint density at radius 3 is 2.27 bits per heavy atom. The van der Waals surface area contributed by atoms with Gasteiger partial charge in [0.15, 0.2) is 0 Å². The molecule has 1 heterocycles. The summed E-state index contributed by atoms with van der Waals surface area (Å²) in [6.45, 7) is 10.8. The number of hydrogen-bond donors (Lipinski definition) is 2. The molecule has 0 bridgehead atoms. The minimum atomic E-state index is 0.0301. The molecule has 30 heavy (non-hydrogen) atoms. The lowest BCUT2D eigenvalue weighted by Crippen LogP contribution is -2.52. The van der Waals surface area contributed by atoms with Gasteiger partial charge in [0.1, 0.15) is 0 Å². The smallest absolute Gasteiger partial charge is 0.238 e. The van der Waals surface area contributed by atoms with Crippen molar-refractivity contribution in [2.45, 2.75) is 52.5 Å². The van der Waals surface area contributed by atoms with Crippen molar-refractivity contribution >= 4 is 17.5 Å². The summed E-state index contributed by atoms with van der Waals surface area (Å²) in [6, 6.07) is 8.28. The van der Waals surface area contributed by atoms with Crippen LogP contribution in [0.15, 0.2) is 24.3 Å². The first-order valence-corrected chi connectivity index (χ1v) is 11.6. The lowest BCUT2D eigenvalue weighted by molar-refractivity contribution is -0.124. The molecule has 3 atom stereocenters. The molecule has 3 rings (SSSR count). The Bertz CT molecular complexity index is 715. The summed E-state index contributed by atoms with van der Waals surface area (Å²) >= 11 is 0. The van der Waals surface area contributed by atoms with Crippen LogP contribution in [0.4, 0.5) is 5.69 Å². The predicted octanol–water partition coefficient (Wildman–Crippen LogP) is 2.75. The van der Waals surface area contributed by atoms with Crippen LogP contribution in [0.1, 0.15) is 45.6 Å². The molecule has 1 aromatic rings. The molecule has 1 saturated carbocycles. The first-order chi connectivity index (χ1) is 14.5. The monoisotopic (exact) mass is 414 g/mol. The van der Waals surface area contributed by atoms with E-state index in [0.29, 0.717) is 31.0 Å². The maximum atomic E-state index is 12.5. The number of anilines is 1. The molecule has 6 nitrogen and oxygen atoms in total. The van der Waals surface area contributed by atoms with Crippen molar-refractivity contribution in [1.82, 2.24) is 15.1 Å². The van der Waals surface area contributed by atoms with Crippen LogP contribution < -0.4 is 10.6 Å². The number of carbonyl (C=O) groups is 2. The van der Waals surface area contributed by atoms with Gasteiger partial charge in [0.2, 0.25) is 11.8 Å². The van der Waals surface area contributed by atoms with Crippen molar-refractivity contribution in [2.75, 3.05) is 44.6 Å². The van der Waals surface area contributed by atoms with E-state index in [2.05, 4.69) is 41.2 Å². The van der Waals surface area contributed by atoms with E-state index in [-0.39, 0.29) is 11.8 Å². The van der Waals surface area contributed by atoms with Gasteiger partial charge in [0.25, 0.3) is 0 Å². The molecule has 0 radical (unpaired) electrons. The Kier molecular flexibility index (Phi) is 8.28. The van der Waals surface area contributed by atoms with E-state index >= 15 is 0 Å². The summed E-state index contributed by atoms with van der Waals surface area (Å²) < 4.78 is 0. The number of hydrogen-bond acceptors (Lipinski definition) is 4. The van der Waals surface area contributed by atoms with Crippen LogP contribution in [-0.4, -0.2) is 66.9 Å². The third-order valence-corrected chi connectivity index (χ3v) is 6.92. The van der Waals surface area contributed by atoms with E-state index < -0.39 is 0 Å². The molecule has 0 spiro atoms. The van der Waals surface area contributed by atoms with E-state index in [1.54, 1.807) is 0 Å². The molecule has 2 fully saturated rings. The number of aryl methyl sites for hydroxylation is 1. The SMILES string of the molecule is CCc1ccccc1NC(=O)CN1CCN(CC(=O)N[C@@H]2CCC[C@@H](C)[C@H]2C)CC1. The van der Waals surface area contributed by atoms with Crippen LogP contribution in [0.5, 0.6) is 0 Å². The third kappa shape index (κ3) is 6.29. The van der Waals surface area contributed by atoms with Gasteiger partial charge in [-0.1, -0.05) is 51.8 Å². The Morgan fingerprint density at radius 2 is 1.60 bits per heavy atom. The number of nitrogens with one attached hydrogen (secondary N) is 2. The van der Waals surface area contributed by atoms with Crippen molar-refractivity contribution in [2.24, 2.45) is 11.8 Å². The van der Waals surface area contributed by atoms with Crippen LogP contribution >= 0.6 is 0 Å². The average molecular weight is 415 g/mol. The zero-order valence-electron chi connectivity index (χ0n) is 18.8. The number of benzene rings is 1. The van der Waals surface area contributed by atoms with Crippen LogP contribution in [0, 0.1) is 11.8 Å². The molecule has 0 unspecified atom stereocenters. The second kappa shape index (κ2) is 10.9. The van der Waals surface area contributed by atoms with Gasteiger partial charge in [-0.3, -0.25) is 19.4 Å². The Hall–Kier alpha value is -1.92. The fourth-order valence-electron chi connectivity index (χ4n) is 4.69. The summed E-state index contributed by atoms with van der Waals surface area (Å²) in [4.78, 5) is 29.4. The van der Waals surface area contributed by atoms with Gasteiger partial charge in [-0.2, -0.15) is 0 Å². The molecule has 2 amide bonds. The van der Waals surface area contributed by atoms with Crippen molar-refractivity contribution < 1.29 is 9.59 Å². The molecule has 1 aromatic carbocycles. The summed E-state index contributed by atoms with van der Waals surface area (Å²) in [5.41, 5.74) is 2.06. The number of rotatable bonds is 7. The summed E-state index contributed by atoms with van der Waals surface area (Å²) in [6.07, 6.45) is 4.48. The standard InChI is InChI=1S/C24H38N4O2/c1-4-20-9-5-6-10-22(20)26-24(30)17-28-14-12-27(13-15-28)16-23(29)25-21-11-7-8-18(2)19(21)3/h5-6,9-10,18-19,21H,4,7-8,11-17H2,1-3H3,(H,25,29)(H,26,30)/t18-,19-,21-/m1/s1. The quantitative estimate of drug-likeness (QED) is 0.720. The molecule has 2 aliphatic rings. The molecule has 0 aromatic heterocycles. The van der Waals surface area contributed by atoms with E-state index in [1.165, 1.54) is 12.8 Å². The van der Waals surface area contributed by atoms with Crippen molar-refractivity contribution in [3.05, 3.63) is 29.8 Å². The lowest BCUT2D eigenvalue weighted by atomic mass is 9.78. The normalized spacial score (nSPS) is 25.6. The highest BCUT2D eigenvalue weighted by Crippen LogP contribution is 2.29. The number of piperazine rings is 1. The number of amides is 2. The minimum Gasteiger partial charge on any atom is -0.352 e. The highest BCUT2D eigenvalue weighted by atomic mass is 16.2. The van der Waals surface area contributed by atoms with Gasteiger partial charge < -0.3 is 10.6 Å². The van der Waals surface area contributed by atoms with Crippen LogP contribution in [-0.2, 0) is 16.0 Å². The van der Waals surface area contributed by atoms with E-state index in [0.717, 1.165) is 50.3 Å². The Morgan fingerprint density at radius 1 is 0.967 bits per heavy atom. The fraction of sp³-hybridized carbons (Fsp3) is 0.667. The molecule has 2 N–H and O–H groups in total. The van der Waals surface area contributed by atoms with Gasteiger partial charge in [-0.25, -0.2) is 0 Å². The Labute approximate surface area is 181 Å².